The molecule has 1 aromatic heterocycles. The predicted molar refractivity (Wildman–Crippen MR) is 184 cm³/mol. The molecular weight excluding hydrogens is 654 g/mol. The molecule has 1 unspecified atom stereocenters. The topological polar surface area (TPSA) is 125 Å². The Labute approximate surface area is 286 Å². The Morgan fingerprint density at radius 3 is 2.25 bits per heavy atom. The molecular formula is C35H36ClN5O6S. The maximum absolute atomic E-state index is 15.4. The van der Waals surface area contributed by atoms with Gasteiger partial charge in [-0.15, -0.1) is 12.4 Å². The zero-order valence-electron chi connectivity index (χ0n) is 26.8. The molecule has 13 heteroatoms. The summed E-state index contributed by atoms with van der Waals surface area (Å²) in [5, 5.41) is 9.98. The number of rotatable bonds is 10. The van der Waals surface area contributed by atoms with Gasteiger partial charge in [0.25, 0.3) is 15.9 Å². The third kappa shape index (κ3) is 5.68. The zero-order valence-corrected chi connectivity index (χ0v) is 28.5. The fraction of sp³-hybridized carbons (Fsp3) is 0.286. The zero-order chi connectivity index (χ0) is 33.2. The Hall–Kier alpha value is -4.83. The van der Waals surface area contributed by atoms with Crippen LogP contribution in [0.5, 0.6) is 17.2 Å². The number of carbonyl (C=O) groups excluding carboxylic acids is 1. The van der Waals surface area contributed by atoms with Gasteiger partial charge < -0.3 is 19.1 Å². The molecule has 3 heterocycles. The molecule has 6 rings (SSSR count). The minimum Gasteiger partial charge on any atom is -0.495 e. The second-order valence-corrected chi connectivity index (χ2v) is 12.7. The van der Waals surface area contributed by atoms with Crippen molar-refractivity contribution in [3.05, 3.63) is 102 Å². The van der Waals surface area contributed by atoms with Gasteiger partial charge in [-0.3, -0.25) is 14.7 Å². The van der Waals surface area contributed by atoms with Crippen LogP contribution in [0.2, 0.25) is 0 Å². The van der Waals surface area contributed by atoms with Gasteiger partial charge in [0.05, 0.1) is 37.6 Å². The average Bonchev–Trinajstić information content (AvgIpc) is 3.37. The second-order valence-electron chi connectivity index (χ2n) is 11.0. The average molecular weight is 690 g/mol. The number of fused-ring (bicyclic) bond motifs is 1. The lowest BCUT2D eigenvalue weighted by atomic mass is 9.80. The molecule has 250 valence electrons. The van der Waals surface area contributed by atoms with Crippen LogP contribution in [-0.2, 0) is 20.4 Å². The largest absolute Gasteiger partial charge is 0.495 e. The normalized spacial score (nSPS) is 17.7. The maximum Gasteiger partial charge on any atom is 0.274 e. The molecule has 2 aliphatic rings. The highest BCUT2D eigenvalue weighted by Crippen LogP contribution is 2.53. The molecule has 0 aliphatic carbocycles. The second kappa shape index (κ2) is 14.1. The number of hydrogen-bond donors (Lipinski definition) is 0. The summed E-state index contributed by atoms with van der Waals surface area (Å²) in [7, 11) is -3.19. The van der Waals surface area contributed by atoms with Gasteiger partial charge in [0.15, 0.2) is 5.54 Å². The number of piperazine rings is 1. The summed E-state index contributed by atoms with van der Waals surface area (Å²) in [6.07, 6.45) is 3.47. The standard InChI is InChI=1S/C35H35N5O6S.ClH/c1-4-45-27-11-13-33(32(23-27)44-3)47(42,43)40-30-12-10-25(24-36)22-29(30)35(34(40)41,28-8-6-7-9-31(28)46-5-2)39-20-18-38(19-21-39)26-14-16-37-17-15-26;/h6-17,22-23H,4-5,18-21H2,1-3H3;1H. The summed E-state index contributed by atoms with van der Waals surface area (Å²) in [5.41, 5.74) is 0.705. The van der Waals surface area contributed by atoms with Crippen LogP contribution in [0.4, 0.5) is 11.4 Å². The van der Waals surface area contributed by atoms with Crippen LogP contribution in [0.3, 0.4) is 0 Å². The SMILES string of the molecule is CCOc1ccc(S(=O)(=O)N2C(=O)C(c3ccccc3OCC)(N3CCN(c4ccncc4)CC3)c3cc(C#N)ccc32)c(OC)c1.Cl. The van der Waals surface area contributed by atoms with E-state index in [1.54, 1.807) is 36.7 Å². The molecule has 11 nitrogen and oxygen atoms in total. The minimum atomic E-state index is -4.56. The van der Waals surface area contributed by atoms with Crippen molar-refractivity contribution < 1.29 is 27.4 Å². The number of sulfonamides is 1. The van der Waals surface area contributed by atoms with Crippen molar-refractivity contribution in [1.82, 2.24) is 9.88 Å². The van der Waals surface area contributed by atoms with E-state index in [0.717, 1.165) is 9.99 Å². The molecule has 0 spiro atoms. The highest BCUT2D eigenvalue weighted by Gasteiger charge is 2.60. The third-order valence-electron chi connectivity index (χ3n) is 8.55. The first-order valence-electron chi connectivity index (χ1n) is 15.4. The number of carbonyl (C=O) groups is 1. The van der Waals surface area contributed by atoms with Gasteiger partial charge >= 0.3 is 0 Å². The predicted octanol–water partition coefficient (Wildman–Crippen LogP) is 4.98. The van der Waals surface area contributed by atoms with E-state index < -0.39 is 21.5 Å². The molecule has 0 N–H and O–H groups in total. The number of amides is 1. The van der Waals surface area contributed by atoms with Crippen LogP contribution in [0, 0.1) is 11.3 Å². The van der Waals surface area contributed by atoms with Crippen molar-refractivity contribution in [3.8, 4) is 23.3 Å². The number of nitrogens with zero attached hydrogens (tertiary/aromatic N) is 5. The van der Waals surface area contributed by atoms with E-state index in [1.165, 1.54) is 37.4 Å². The van der Waals surface area contributed by atoms with E-state index in [4.69, 9.17) is 14.2 Å². The van der Waals surface area contributed by atoms with Gasteiger partial charge in [-0.2, -0.15) is 5.26 Å². The Morgan fingerprint density at radius 1 is 0.875 bits per heavy atom. The van der Waals surface area contributed by atoms with Gasteiger partial charge in [0.1, 0.15) is 22.1 Å². The highest BCUT2D eigenvalue weighted by atomic mass is 35.5. The Morgan fingerprint density at radius 2 is 1.58 bits per heavy atom. The molecule has 4 aromatic rings. The van der Waals surface area contributed by atoms with Gasteiger partial charge in [0, 0.05) is 61.5 Å². The van der Waals surface area contributed by atoms with Gasteiger partial charge in [0.2, 0.25) is 0 Å². The molecule has 3 aromatic carbocycles. The van der Waals surface area contributed by atoms with E-state index in [9.17, 15) is 13.7 Å². The maximum atomic E-state index is 15.4. The summed E-state index contributed by atoms with van der Waals surface area (Å²) in [6, 6.07) is 22.3. The van der Waals surface area contributed by atoms with Gasteiger partial charge in [-0.05, 0) is 62.4 Å². The first-order valence-corrected chi connectivity index (χ1v) is 16.8. The summed E-state index contributed by atoms with van der Waals surface area (Å²) in [6.45, 7) is 6.31. The lowest BCUT2D eigenvalue weighted by Gasteiger charge is -2.46. The number of methoxy groups -OCH3 is 1. The van der Waals surface area contributed by atoms with E-state index in [1.807, 2.05) is 36.9 Å². The van der Waals surface area contributed by atoms with E-state index in [-0.39, 0.29) is 28.7 Å². The molecule has 0 radical (unpaired) electrons. The van der Waals surface area contributed by atoms with Crippen LogP contribution in [0.15, 0.2) is 90.1 Å². The number of nitriles is 1. The lowest BCUT2D eigenvalue weighted by Crippen LogP contribution is -2.60. The van der Waals surface area contributed by atoms with Crippen molar-refractivity contribution in [2.45, 2.75) is 24.3 Å². The van der Waals surface area contributed by atoms with Gasteiger partial charge in [-0.1, -0.05) is 18.2 Å². The fourth-order valence-electron chi connectivity index (χ4n) is 6.54. The lowest BCUT2D eigenvalue weighted by molar-refractivity contribution is -0.127. The van der Waals surface area contributed by atoms with Gasteiger partial charge in [-0.25, -0.2) is 12.7 Å². The number of para-hydroxylation sites is 1. The number of benzene rings is 3. The smallest absolute Gasteiger partial charge is 0.274 e. The molecule has 0 saturated carbocycles. The van der Waals surface area contributed by atoms with E-state index in [0.29, 0.717) is 67.6 Å². The van der Waals surface area contributed by atoms with Crippen LogP contribution in [0.1, 0.15) is 30.5 Å². The molecule has 48 heavy (non-hydrogen) atoms. The van der Waals surface area contributed by atoms with Crippen LogP contribution >= 0.6 is 12.4 Å². The van der Waals surface area contributed by atoms with Crippen molar-refractivity contribution >= 4 is 39.7 Å². The van der Waals surface area contributed by atoms with Crippen LogP contribution in [-0.4, -0.2) is 70.7 Å². The molecule has 1 saturated heterocycles. The first-order chi connectivity index (χ1) is 22.8. The van der Waals surface area contributed by atoms with Crippen LogP contribution in [0.25, 0.3) is 0 Å². The summed E-state index contributed by atoms with van der Waals surface area (Å²) < 4.78 is 47.5. The Bertz CT molecular complexity index is 1950. The molecule has 0 bridgehead atoms. The molecule has 1 amide bonds. The highest BCUT2D eigenvalue weighted by molar-refractivity contribution is 7.93. The van der Waals surface area contributed by atoms with E-state index in [2.05, 4.69) is 16.0 Å². The van der Waals surface area contributed by atoms with Crippen LogP contribution < -0.4 is 23.4 Å². The van der Waals surface area contributed by atoms with Crippen molar-refractivity contribution in [1.29, 1.82) is 5.26 Å². The third-order valence-corrected chi connectivity index (χ3v) is 10.3. The summed E-state index contributed by atoms with van der Waals surface area (Å²) >= 11 is 0. The molecule has 2 aliphatic heterocycles. The quantitative estimate of drug-likeness (QED) is 0.225. The van der Waals surface area contributed by atoms with Crippen molar-refractivity contribution in [2.75, 3.05) is 55.7 Å². The first kappa shape index (κ1) is 34.5. The number of halogens is 1. The van der Waals surface area contributed by atoms with Crippen molar-refractivity contribution in [3.63, 3.8) is 0 Å². The Balaban J connectivity index is 0.00000451. The fourth-order valence-corrected chi connectivity index (χ4v) is 8.14. The number of pyridine rings is 1. The molecule has 1 fully saturated rings. The monoisotopic (exact) mass is 689 g/mol. The number of ether oxygens (including phenoxy) is 3. The summed E-state index contributed by atoms with van der Waals surface area (Å²) in [4.78, 5) is 23.5. The number of anilines is 2. The minimum absolute atomic E-state index is 0. The Kier molecular flexibility index (Phi) is 10.1. The molecule has 1 atom stereocenters. The summed E-state index contributed by atoms with van der Waals surface area (Å²) in [5.74, 6) is 0.230. The number of aromatic nitrogens is 1. The van der Waals surface area contributed by atoms with E-state index >= 15 is 4.79 Å². The van der Waals surface area contributed by atoms with Crippen molar-refractivity contribution in [2.24, 2.45) is 0 Å². The number of hydrogen-bond acceptors (Lipinski definition) is 10.